The summed E-state index contributed by atoms with van der Waals surface area (Å²) in [6, 6.07) is 4.33. The van der Waals surface area contributed by atoms with Gasteiger partial charge in [0.2, 0.25) is 0 Å². The first-order valence-corrected chi connectivity index (χ1v) is 3.90. The summed E-state index contributed by atoms with van der Waals surface area (Å²) < 4.78 is 18.0. The van der Waals surface area contributed by atoms with Crippen LogP contribution in [0.2, 0.25) is 0 Å². The third-order valence-electron chi connectivity index (χ3n) is 2.15. The number of ether oxygens (including phenoxy) is 1. The van der Waals surface area contributed by atoms with Crippen LogP contribution < -0.4 is 10.5 Å². The lowest BCUT2D eigenvalue weighted by Gasteiger charge is -2.07. The van der Waals surface area contributed by atoms with Crippen LogP contribution in [0, 0.1) is 5.82 Å². The minimum atomic E-state index is -0.282. The molecule has 1 aromatic carbocycles. The van der Waals surface area contributed by atoms with Crippen LogP contribution in [-0.4, -0.2) is 6.10 Å². The van der Waals surface area contributed by atoms with Gasteiger partial charge in [0.1, 0.15) is 17.7 Å². The Morgan fingerprint density at radius 3 is 3.00 bits per heavy atom. The smallest absolute Gasteiger partial charge is 0.127 e. The van der Waals surface area contributed by atoms with Gasteiger partial charge < -0.3 is 10.5 Å². The van der Waals surface area contributed by atoms with Gasteiger partial charge in [-0.25, -0.2) is 4.39 Å². The van der Waals surface area contributed by atoms with Gasteiger partial charge in [-0.3, -0.25) is 0 Å². The van der Waals surface area contributed by atoms with Crippen molar-refractivity contribution in [2.45, 2.75) is 19.1 Å². The van der Waals surface area contributed by atoms with Crippen molar-refractivity contribution in [1.29, 1.82) is 0 Å². The highest BCUT2D eigenvalue weighted by atomic mass is 19.1. The van der Waals surface area contributed by atoms with E-state index < -0.39 is 0 Å². The number of nitrogens with two attached hydrogens (primary N) is 1. The molecule has 1 aliphatic rings. The van der Waals surface area contributed by atoms with E-state index in [1.54, 1.807) is 6.07 Å². The van der Waals surface area contributed by atoms with E-state index >= 15 is 0 Å². The van der Waals surface area contributed by atoms with Gasteiger partial charge in [0.25, 0.3) is 0 Å². The SMILES string of the molecule is C[C@@H]1Oc2cc(F)ccc2[C@H]1N. The van der Waals surface area contributed by atoms with Gasteiger partial charge >= 0.3 is 0 Å². The molecule has 0 unspecified atom stereocenters. The van der Waals surface area contributed by atoms with E-state index in [9.17, 15) is 4.39 Å². The quantitative estimate of drug-likeness (QED) is 0.637. The zero-order valence-corrected chi connectivity index (χ0v) is 6.75. The van der Waals surface area contributed by atoms with Gasteiger partial charge in [0.05, 0.1) is 6.04 Å². The Labute approximate surface area is 70.1 Å². The molecule has 2 N–H and O–H groups in total. The highest BCUT2D eigenvalue weighted by molar-refractivity contribution is 5.40. The molecule has 2 rings (SSSR count). The molecule has 0 aliphatic carbocycles. The zero-order valence-electron chi connectivity index (χ0n) is 6.75. The van der Waals surface area contributed by atoms with Crippen molar-refractivity contribution < 1.29 is 9.13 Å². The second kappa shape index (κ2) is 2.45. The molecule has 0 bridgehead atoms. The van der Waals surface area contributed by atoms with Crippen LogP contribution in [0.1, 0.15) is 18.5 Å². The van der Waals surface area contributed by atoms with Crippen molar-refractivity contribution >= 4 is 0 Å². The Morgan fingerprint density at radius 1 is 1.50 bits per heavy atom. The van der Waals surface area contributed by atoms with E-state index in [-0.39, 0.29) is 18.0 Å². The number of benzene rings is 1. The number of hydrogen-bond acceptors (Lipinski definition) is 2. The first kappa shape index (κ1) is 7.55. The topological polar surface area (TPSA) is 35.2 Å². The predicted molar refractivity (Wildman–Crippen MR) is 43.4 cm³/mol. The minimum absolute atomic E-state index is 0.0539. The second-order valence-electron chi connectivity index (χ2n) is 3.03. The maximum atomic E-state index is 12.7. The molecule has 3 heteroatoms. The highest BCUT2D eigenvalue weighted by Gasteiger charge is 2.27. The van der Waals surface area contributed by atoms with Gasteiger partial charge in [0, 0.05) is 11.6 Å². The Bertz CT molecular complexity index is 313. The fourth-order valence-electron chi connectivity index (χ4n) is 1.41. The van der Waals surface area contributed by atoms with E-state index in [0.717, 1.165) is 5.56 Å². The van der Waals surface area contributed by atoms with Crippen LogP contribution in [0.25, 0.3) is 0 Å². The third kappa shape index (κ3) is 0.975. The maximum Gasteiger partial charge on any atom is 0.127 e. The average Bonchev–Trinajstić information content (AvgIpc) is 2.28. The van der Waals surface area contributed by atoms with E-state index in [0.29, 0.717) is 5.75 Å². The summed E-state index contributed by atoms with van der Waals surface area (Å²) in [6.45, 7) is 1.88. The minimum Gasteiger partial charge on any atom is -0.488 e. The molecule has 0 fully saturated rings. The van der Waals surface area contributed by atoms with Crippen molar-refractivity contribution in [2.75, 3.05) is 0 Å². The zero-order chi connectivity index (χ0) is 8.72. The van der Waals surface area contributed by atoms with Crippen LogP contribution in [0.3, 0.4) is 0 Å². The summed E-state index contributed by atoms with van der Waals surface area (Å²) in [5.41, 5.74) is 6.68. The molecule has 1 aliphatic heterocycles. The molecule has 12 heavy (non-hydrogen) atoms. The molecule has 0 amide bonds. The summed E-state index contributed by atoms with van der Waals surface area (Å²) in [5.74, 6) is 0.296. The fraction of sp³-hybridized carbons (Fsp3) is 0.333. The lowest BCUT2D eigenvalue weighted by Crippen LogP contribution is -2.21. The molecule has 0 radical (unpaired) electrons. The number of halogens is 1. The van der Waals surface area contributed by atoms with Crippen LogP contribution in [0.15, 0.2) is 18.2 Å². The van der Waals surface area contributed by atoms with Crippen molar-refractivity contribution in [3.8, 4) is 5.75 Å². The maximum absolute atomic E-state index is 12.7. The standard InChI is InChI=1S/C9H10FNO/c1-5-9(11)7-3-2-6(10)4-8(7)12-5/h2-5,9H,11H2,1H3/t5-,9-/m0/s1. The number of hydrogen-bond donors (Lipinski definition) is 1. The summed E-state index contributed by atoms with van der Waals surface area (Å²) in [5, 5.41) is 0. The van der Waals surface area contributed by atoms with E-state index in [2.05, 4.69) is 0 Å². The Morgan fingerprint density at radius 2 is 2.25 bits per heavy atom. The monoisotopic (exact) mass is 167 g/mol. The lowest BCUT2D eigenvalue weighted by molar-refractivity contribution is 0.228. The predicted octanol–water partition coefficient (Wildman–Crippen LogP) is 1.61. The molecular weight excluding hydrogens is 157 g/mol. The van der Waals surface area contributed by atoms with Gasteiger partial charge in [-0.15, -0.1) is 0 Å². The lowest BCUT2D eigenvalue weighted by atomic mass is 10.1. The van der Waals surface area contributed by atoms with Crippen LogP contribution in [0.4, 0.5) is 4.39 Å². The van der Waals surface area contributed by atoms with Gasteiger partial charge in [-0.2, -0.15) is 0 Å². The van der Waals surface area contributed by atoms with E-state index in [1.165, 1.54) is 12.1 Å². The molecule has 1 aromatic rings. The highest BCUT2D eigenvalue weighted by Crippen LogP contribution is 2.34. The van der Waals surface area contributed by atoms with Crippen molar-refractivity contribution in [3.05, 3.63) is 29.6 Å². The van der Waals surface area contributed by atoms with Crippen LogP contribution in [-0.2, 0) is 0 Å². The third-order valence-corrected chi connectivity index (χ3v) is 2.15. The van der Waals surface area contributed by atoms with Crippen molar-refractivity contribution in [1.82, 2.24) is 0 Å². The Hall–Kier alpha value is -1.09. The van der Waals surface area contributed by atoms with Crippen molar-refractivity contribution in [3.63, 3.8) is 0 Å². The molecule has 0 spiro atoms. The average molecular weight is 167 g/mol. The molecule has 1 heterocycles. The summed E-state index contributed by atoms with van der Waals surface area (Å²) in [7, 11) is 0. The molecular formula is C9H10FNO. The van der Waals surface area contributed by atoms with Gasteiger partial charge in [0.15, 0.2) is 0 Å². The number of fused-ring (bicyclic) bond motifs is 1. The Kier molecular flexibility index (Phi) is 1.54. The molecule has 2 atom stereocenters. The van der Waals surface area contributed by atoms with Gasteiger partial charge in [-0.05, 0) is 13.0 Å². The van der Waals surface area contributed by atoms with E-state index in [4.69, 9.17) is 10.5 Å². The first-order valence-electron chi connectivity index (χ1n) is 3.90. The van der Waals surface area contributed by atoms with Gasteiger partial charge in [-0.1, -0.05) is 6.07 Å². The summed E-state index contributed by atoms with van der Waals surface area (Å²) in [4.78, 5) is 0. The first-order chi connectivity index (χ1) is 5.68. The largest absolute Gasteiger partial charge is 0.488 e. The summed E-state index contributed by atoms with van der Waals surface area (Å²) in [6.07, 6.45) is -0.0539. The molecule has 64 valence electrons. The summed E-state index contributed by atoms with van der Waals surface area (Å²) >= 11 is 0. The van der Waals surface area contributed by atoms with Crippen LogP contribution in [0.5, 0.6) is 5.75 Å². The Balaban J connectivity index is 2.47. The molecule has 0 saturated carbocycles. The molecule has 2 nitrogen and oxygen atoms in total. The van der Waals surface area contributed by atoms with Crippen molar-refractivity contribution in [2.24, 2.45) is 5.73 Å². The molecule has 0 saturated heterocycles. The van der Waals surface area contributed by atoms with E-state index in [1.807, 2.05) is 6.92 Å². The second-order valence-corrected chi connectivity index (χ2v) is 3.03. The number of rotatable bonds is 0. The fourth-order valence-corrected chi connectivity index (χ4v) is 1.41. The van der Waals surface area contributed by atoms with Crippen LogP contribution >= 0.6 is 0 Å². The normalized spacial score (nSPS) is 26.6. The molecule has 0 aromatic heterocycles.